The molecule has 1 amide bonds. The minimum atomic E-state index is -0.674. The zero-order chi connectivity index (χ0) is 22.5. The molecule has 1 atom stereocenters. The van der Waals surface area contributed by atoms with E-state index < -0.39 is 17.7 Å². The van der Waals surface area contributed by atoms with E-state index in [0.717, 1.165) is 24.2 Å². The van der Waals surface area contributed by atoms with Crippen LogP contribution in [0, 0.1) is 6.92 Å². The lowest BCUT2D eigenvalue weighted by Gasteiger charge is -2.28. The lowest BCUT2D eigenvalue weighted by Crippen LogP contribution is -2.38. The molecule has 2 heterocycles. The van der Waals surface area contributed by atoms with Crippen molar-refractivity contribution < 1.29 is 19.4 Å². The molecule has 164 valence electrons. The molecule has 1 fully saturated rings. The first kappa shape index (κ1) is 22.5. The molecular formula is C24H29N3O4. The number of pyridine rings is 1. The van der Waals surface area contributed by atoms with Crippen molar-refractivity contribution in [2.75, 3.05) is 33.3 Å². The largest absolute Gasteiger partial charge is 0.507 e. The number of likely N-dealkylation sites (tertiary alicyclic amines) is 1. The minimum Gasteiger partial charge on any atom is -0.507 e. The standard InChI is InChI=1S/C24H29N3O4/c1-5-26(6-2)13-14-27-21(17-9-11-25-12-10-17)20(23(29)24(27)30)22(28)18-7-8-19(31-4)16(3)15-18/h7-12,15,21,28H,5-6,13-14H2,1-4H3/b22-20+/t21-/m0/s1. The van der Waals surface area contributed by atoms with Gasteiger partial charge in [-0.3, -0.25) is 14.6 Å². The molecule has 0 aliphatic carbocycles. The van der Waals surface area contributed by atoms with Gasteiger partial charge in [-0.1, -0.05) is 13.8 Å². The maximum Gasteiger partial charge on any atom is 0.295 e. The van der Waals surface area contributed by atoms with E-state index >= 15 is 0 Å². The van der Waals surface area contributed by atoms with Gasteiger partial charge in [0.25, 0.3) is 11.7 Å². The summed E-state index contributed by atoms with van der Waals surface area (Å²) in [6.07, 6.45) is 3.24. The summed E-state index contributed by atoms with van der Waals surface area (Å²) in [6, 6.07) is 8.05. The highest BCUT2D eigenvalue weighted by Gasteiger charge is 2.45. The van der Waals surface area contributed by atoms with E-state index in [1.807, 2.05) is 6.92 Å². The quantitative estimate of drug-likeness (QED) is 0.399. The highest BCUT2D eigenvalue weighted by molar-refractivity contribution is 6.46. The van der Waals surface area contributed by atoms with Crippen LogP contribution in [-0.4, -0.2) is 64.9 Å². The molecular weight excluding hydrogens is 394 g/mol. The maximum atomic E-state index is 13.0. The fourth-order valence-corrected chi connectivity index (χ4v) is 3.97. The number of ether oxygens (including phenoxy) is 1. The number of Topliss-reactive ketones (excluding diaryl/α,β-unsaturated/α-hetero) is 1. The molecule has 2 aromatic rings. The van der Waals surface area contributed by atoms with Gasteiger partial charge < -0.3 is 19.6 Å². The zero-order valence-electron chi connectivity index (χ0n) is 18.5. The molecule has 7 heteroatoms. The van der Waals surface area contributed by atoms with Crippen LogP contribution in [0.2, 0.25) is 0 Å². The third-order valence-corrected chi connectivity index (χ3v) is 5.78. The first-order valence-electron chi connectivity index (χ1n) is 10.5. The van der Waals surface area contributed by atoms with E-state index in [1.54, 1.807) is 54.7 Å². The minimum absolute atomic E-state index is 0.0975. The number of aryl methyl sites for hydroxylation is 1. The Hall–Kier alpha value is -3.19. The van der Waals surface area contributed by atoms with Crippen molar-refractivity contribution in [2.24, 2.45) is 0 Å². The van der Waals surface area contributed by atoms with Gasteiger partial charge >= 0.3 is 0 Å². The van der Waals surface area contributed by atoms with Crippen molar-refractivity contribution in [1.82, 2.24) is 14.8 Å². The molecule has 1 aromatic heterocycles. The summed E-state index contributed by atoms with van der Waals surface area (Å²) < 4.78 is 5.29. The van der Waals surface area contributed by atoms with Gasteiger partial charge in [0.1, 0.15) is 11.5 Å². The smallest absolute Gasteiger partial charge is 0.295 e. The van der Waals surface area contributed by atoms with E-state index in [4.69, 9.17) is 4.74 Å². The molecule has 1 aliphatic heterocycles. The van der Waals surface area contributed by atoms with Crippen LogP contribution in [0.1, 0.15) is 36.6 Å². The molecule has 0 unspecified atom stereocenters. The molecule has 1 saturated heterocycles. The van der Waals surface area contributed by atoms with Gasteiger partial charge in [0.15, 0.2) is 0 Å². The number of hydrogen-bond donors (Lipinski definition) is 1. The van der Waals surface area contributed by atoms with Gasteiger partial charge in [-0.05, 0) is 61.5 Å². The van der Waals surface area contributed by atoms with Crippen LogP contribution in [0.4, 0.5) is 0 Å². The second-order valence-electron chi connectivity index (χ2n) is 7.48. The van der Waals surface area contributed by atoms with Gasteiger partial charge in [-0.15, -0.1) is 0 Å². The van der Waals surface area contributed by atoms with Crippen LogP contribution >= 0.6 is 0 Å². The first-order valence-corrected chi connectivity index (χ1v) is 10.5. The SMILES string of the molecule is CCN(CC)CCN1C(=O)C(=O)/C(=C(/O)c2ccc(OC)c(C)c2)[C@@H]1c1ccncc1. The number of aromatic nitrogens is 1. The number of hydrogen-bond acceptors (Lipinski definition) is 6. The lowest BCUT2D eigenvalue weighted by molar-refractivity contribution is -0.140. The van der Waals surface area contributed by atoms with E-state index in [1.165, 1.54) is 0 Å². The third kappa shape index (κ3) is 4.46. The maximum absolute atomic E-state index is 13.0. The summed E-state index contributed by atoms with van der Waals surface area (Å²) in [5.74, 6) is -0.772. The van der Waals surface area contributed by atoms with Crippen molar-refractivity contribution >= 4 is 17.4 Å². The number of aliphatic hydroxyl groups excluding tert-OH is 1. The van der Waals surface area contributed by atoms with Crippen LogP contribution in [0.3, 0.4) is 0 Å². The fourth-order valence-electron chi connectivity index (χ4n) is 3.97. The molecule has 0 radical (unpaired) electrons. The topological polar surface area (TPSA) is 83.0 Å². The van der Waals surface area contributed by atoms with Crippen LogP contribution < -0.4 is 4.74 Å². The highest BCUT2D eigenvalue weighted by atomic mass is 16.5. The number of rotatable bonds is 8. The Kier molecular flexibility index (Phi) is 7.07. The summed E-state index contributed by atoms with van der Waals surface area (Å²) in [5.41, 5.74) is 2.13. The number of likely N-dealkylation sites (N-methyl/N-ethyl adjacent to an activating group) is 1. The summed E-state index contributed by atoms with van der Waals surface area (Å²) in [5, 5.41) is 11.1. The lowest BCUT2D eigenvalue weighted by atomic mass is 9.95. The summed E-state index contributed by atoms with van der Waals surface area (Å²) >= 11 is 0. The van der Waals surface area contributed by atoms with Gasteiger partial charge in [0.2, 0.25) is 0 Å². The molecule has 7 nitrogen and oxygen atoms in total. The van der Waals surface area contributed by atoms with E-state index in [-0.39, 0.29) is 11.3 Å². The van der Waals surface area contributed by atoms with Crippen LogP contribution in [0.15, 0.2) is 48.3 Å². The highest BCUT2D eigenvalue weighted by Crippen LogP contribution is 2.39. The molecule has 0 bridgehead atoms. The van der Waals surface area contributed by atoms with Gasteiger partial charge in [-0.2, -0.15) is 0 Å². The van der Waals surface area contributed by atoms with Crippen LogP contribution in [0.25, 0.3) is 5.76 Å². The number of nitrogens with zero attached hydrogens (tertiary/aromatic N) is 3. The number of benzene rings is 1. The third-order valence-electron chi connectivity index (χ3n) is 5.78. The molecule has 0 spiro atoms. The van der Waals surface area contributed by atoms with Gasteiger partial charge in [0.05, 0.1) is 18.7 Å². The van der Waals surface area contributed by atoms with Gasteiger partial charge in [0, 0.05) is 31.0 Å². The molecule has 1 N–H and O–H groups in total. The molecule has 31 heavy (non-hydrogen) atoms. The average Bonchev–Trinajstić information content (AvgIpc) is 3.04. The zero-order valence-corrected chi connectivity index (χ0v) is 18.5. The van der Waals surface area contributed by atoms with Crippen molar-refractivity contribution in [3.63, 3.8) is 0 Å². The Labute approximate surface area is 183 Å². The number of amides is 1. The van der Waals surface area contributed by atoms with E-state index in [9.17, 15) is 14.7 Å². The number of ketones is 1. The number of carbonyl (C=O) groups is 2. The normalized spacial score (nSPS) is 18.1. The Morgan fingerprint density at radius 3 is 2.42 bits per heavy atom. The number of methoxy groups -OCH3 is 1. The Morgan fingerprint density at radius 1 is 1.16 bits per heavy atom. The average molecular weight is 424 g/mol. The van der Waals surface area contributed by atoms with Crippen LogP contribution in [0.5, 0.6) is 5.75 Å². The summed E-state index contributed by atoms with van der Waals surface area (Å²) in [6.45, 7) is 8.71. The second-order valence-corrected chi connectivity index (χ2v) is 7.48. The monoisotopic (exact) mass is 423 g/mol. The first-order chi connectivity index (χ1) is 14.9. The number of aliphatic hydroxyl groups is 1. The van der Waals surface area contributed by atoms with Crippen LogP contribution in [-0.2, 0) is 9.59 Å². The van der Waals surface area contributed by atoms with Crippen molar-refractivity contribution in [1.29, 1.82) is 0 Å². The Balaban J connectivity index is 2.08. The van der Waals surface area contributed by atoms with Crippen molar-refractivity contribution in [3.8, 4) is 5.75 Å². The van der Waals surface area contributed by atoms with Crippen molar-refractivity contribution in [2.45, 2.75) is 26.8 Å². The molecule has 1 aromatic carbocycles. The summed E-state index contributed by atoms with van der Waals surface area (Å²) in [7, 11) is 1.58. The summed E-state index contributed by atoms with van der Waals surface area (Å²) in [4.78, 5) is 33.8. The molecule has 3 rings (SSSR count). The fraction of sp³-hybridized carbons (Fsp3) is 0.375. The Bertz CT molecular complexity index is 984. The van der Waals surface area contributed by atoms with Crippen molar-refractivity contribution in [3.05, 3.63) is 65.0 Å². The molecule has 1 aliphatic rings. The second kappa shape index (κ2) is 9.75. The predicted molar refractivity (Wildman–Crippen MR) is 119 cm³/mol. The molecule has 0 saturated carbocycles. The Morgan fingerprint density at radius 2 is 1.84 bits per heavy atom. The number of carbonyl (C=O) groups excluding carboxylic acids is 2. The van der Waals surface area contributed by atoms with Gasteiger partial charge in [-0.25, -0.2) is 0 Å². The van der Waals surface area contributed by atoms with E-state index in [0.29, 0.717) is 24.4 Å². The van der Waals surface area contributed by atoms with E-state index in [2.05, 4.69) is 23.7 Å². The predicted octanol–water partition coefficient (Wildman–Crippen LogP) is 3.16.